The molecule has 0 aromatic carbocycles. The van der Waals surface area contributed by atoms with Gasteiger partial charge >= 0.3 is 0 Å². The van der Waals surface area contributed by atoms with Crippen molar-refractivity contribution in [2.24, 2.45) is 0 Å². The predicted octanol–water partition coefficient (Wildman–Crippen LogP) is 0.727. The SMILES string of the molecule is Cc1nc(C)c(C(=O)N2CCCNCC2)o1. The van der Waals surface area contributed by atoms with Gasteiger partial charge in [0.15, 0.2) is 5.89 Å². The molecule has 1 saturated heterocycles. The van der Waals surface area contributed by atoms with Gasteiger partial charge in [0.25, 0.3) is 5.91 Å². The van der Waals surface area contributed by atoms with Crippen molar-refractivity contribution in [3.05, 3.63) is 17.3 Å². The summed E-state index contributed by atoms with van der Waals surface area (Å²) in [7, 11) is 0. The molecule has 1 aromatic heterocycles. The average molecular weight is 223 g/mol. The molecule has 0 radical (unpaired) electrons. The van der Waals surface area contributed by atoms with Gasteiger partial charge in [-0.15, -0.1) is 0 Å². The summed E-state index contributed by atoms with van der Waals surface area (Å²) in [6.45, 7) is 6.90. The molecule has 2 heterocycles. The van der Waals surface area contributed by atoms with Crippen molar-refractivity contribution in [3.63, 3.8) is 0 Å². The van der Waals surface area contributed by atoms with Crippen LogP contribution in [0.1, 0.15) is 28.6 Å². The Morgan fingerprint density at radius 3 is 2.88 bits per heavy atom. The molecule has 2 rings (SSSR count). The molecular formula is C11H17N3O2. The van der Waals surface area contributed by atoms with Gasteiger partial charge in [-0.3, -0.25) is 4.79 Å². The molecule has 1 amide bonds. The van der Waals surface area contributed by atoms with Crippen molar-refractivity contribution in [2.45, 2.75) is 20.3 Å². The summed E-state index contributed by atoms with van der Waals surface area (Å²) >= 11 is 0. The Bertz CT molecular complexity index is 379. The molecule has 1 aromatic rings. The average Bonchev–Trinajstić information content (AvgIpc) is 2.49. The molecule has 5 heteroatoms. The lowest BCUT2D eigenvalue weighted by Gasteiger charge is -2.18. The monoisotopic (exact) mass is 223 g/mol. The smallest absolute Gasteiger partial charge is 0.291 e. The topological polar surface area (TPSA) is 58.4 Å². The van der Waals surface area contributed by atoms with E-state index in [1.807, 2.05) is 4.90 Å². The van der Waals surface area contributed by atoms with E-state index in [9.17, 15) is 4.79 Å². The number of hydrogen-bond acceptors (Lipinski definition) is 4. The summed E-state index contributed by atoms with van der Waals surface area (Å²) in [5.74, 6) is 0.898. The molecule has 5 nitrogen and oxygen atoms in total. The third-order valence-corrected chi connectivity index (χ3v) is 2.73. The number of carbonyl (C=O) groups excluding carboxylic acids is 1. The molecule has 16 heavy (non-hydrogen) atoms. The molecule has 0 unspecified atom stereocenters. The minimum Gasteiger partial charge on any atom is -0.436 e. The van der Waals surface area contributed by atoms with Gasteiger partial charge in [0.2, 0.25) is 5.76 Å². The number of carbonyl (C=O) groups is 1. The van der Waals surface area contributed by atoms with Crippen LogP contribution in [-0.2, 0) is 0 Å². The van der Waals surface area contributed by atoms with Crippen LogP contribution in [0.3, 0.4) is 0 Å². The second kappa shape index (κ2) is 4.65. The van der Waals surface area contributed by atoms with E-state index < -0.39 is 0 Å². The first-order chi connectivity index (χ1) is 7.68. The number of rotatable bonds is 1. The Hall–Kier alpha value is -1.36. The maximum atomic E-state index is 12.2. The van der Waals surface area contributed by atoms with Crippen molar-refractivity contribution in [1.29, 1.82) is 0 Å². The van der Waals surface area contributed by atoms with E-state index in [0.717, 1.165) is 32.6 Å². The summed E-state index contributed by atoms with van der Waals surface area (Å²) in [6.07, 6.45) is 0.984. The second-order valence-corrected chi connectivity index (χ2v) is 4.04. The van der Waals surface area contributed by atoms with Crippen LogP contribution in [0.2, 0.25) is 0 Å². The Kier molecular flexibility index (Phi) is 3.24. The van der Waals surface area contributed by atoms with Crippen LogP contribution < -0.4 is 5.32 Å². The summed E-state index contributed by atoms with van der Waals surface area (Å²) < 4.78 is 5.35. The Balaban J connectivity index is 2.14. The molecule has 0 bridgehead atoms. The molecule has 0 spiro atoms. The fourth-order valence-corrected chi connectivity index (χ4v) is 1.92. The van der Waals surface area contributed by atoms with Gasteiger partial charge in [-0.1, -0.05) is 0 Å². The van der Waals surface area contributed by atoms with Crippen LogP contribution in [0.25, 0.3) is 0 Å². The predicted molar refractivity (Wildman–Crippen MR) is 59.4 cm³/mol. The molecule has 0 atom stereocenters. The van der Waals surface area contributed by atoms with Gasteiger partial charge in [0.1, 0.15) is 0 Å². The zero-order valence-corrected chi connectivity index (χ0v) is 9.75. The highest BCUT2D eigenvalue weighted by molar-refractivity contribution is 5.92. The molecule has 0 aliphatic carbocycles. The maximum absolute atomic E-state index is 12.2. The number of hydrogen-bond donors (Lipinski definition) is 1. The van der Waals surface area contributed by atoms with Crippen LogP contribution in [-0.4, -0.2) is 42.0 Å². The minimum absolute atomic E-state index is 0.0400. The van der Waals surface area contributed by atoms with Gasteiger partial charge in [-0.05, 0) is 19.9 Å². The lowest BCUT2D eigenvalue weighted by atomic mass is 10.3. The van der Waals surface area contributed by atoms with Gasteiger partial charge in [0.05, 0.1) is 5.69 Å². The van der Waals surface area contributed by atoms with Crippen molar-refractivity contribution in [1.82, 2.24) is 15.2 Å². The Morgan fingerprint density at radius 1 is 1.38 bits per heavy atom. The van der Waals surface area contributed by atoms with Gasteiger partial charge in [-0.2, -0.15) is 0 Å². The minimum atomic E-state index is -0.0400. The van der Waals surface area contributed by atoms with Crippen LogP contribution >= 0.6 is 0 Å². The number of oxazole rings is 1. The van der Waals surface area contributed by atoms with Crippen molar-refractivity contribution in [2.75, 3.05) is 26.2 Å². The second-order valence-electron chi connectivity index (χ2n) is 4.04. The molecule has 1 aliphatic heterocycles. The Labute approximate surface area is 94.8 Å². The van der Waals surface area contributed by atoms with E-state index in [2.05, 4.69) is 10.3 Å². The van der Waals surface area contributed by atoms with E-state index in [1.54, 1.807) is 13.8 Å². The molecular weight excluding hydrogens is 206 g/mol. The first-order valence-electron chi connectivity index (χ1n) is 5.62. The van der Waals surface area contributed by atoms with E-state index in [-0.39, 0.29) is 5.91 Å². The van der Waals surface area contributed by atoms with Crippen LogP contribution in [0.5, 0.6) is 0 Å². The lowest BCUT2D eigenvalue weighted by molar-refractivity contribution is 0.0732. The summed E-state index contributed by atoms with van der Waals surface area (Å²) in [5.41, 5.74) is 0.680. The highest BCUT2D eigenvalue weighted by atomic mass is 16.4. The Morgan fingerprint density at radius 2 is 2.19 bits per heavy atom. The first kappa shape index (κ1) is 11.1. The van der Waals surface area contributed by atoms with Gasteiger partial charge in [-0.25, -0.2) is 4.98 Å². The lowest BCUT2D eigenvalue weighted by Crippen LogP contribution is -2.34. The standard InChI is InChI=1S/C11H17N3O2/c1-8-10(16-9(2)13-8)11(15)14-6-3-4-12-5-7-14/h12H,3-7H2,1-2H3. The van der Waals surface area contributed by atoms with E-state index in [1.165, 1.54) is 0 Å². The van der Waals surface area contributed by atoms with Gasteiger partial charge < -0.3 is 14.6 Å². The summed E-state index contributed by atoms with van der Waals surface area (Å²) in [6, 6.07) is 0. The number of nitrogens with zero attached hydrogens (tertiary/aromatic N) is 2. The first-order valence-corrected chi connectivity index (χ1v) is 5.62. The van der Waals surface area contributed by atoms with Crippen molar-refractivity contribution >= 4 is 5.91 Å². The van der Waals surface area contributed by atoms with E-state index >= 15 is 0 Å². The normalized spacial score (nSPS) is 17.2. The number of aromatic nitrogens is 1. The van der Waals surface area contributed by atoms with E-state index in [4.69, 9.17) is 4.42 Å². The summed E-state index contributed by atoms with van der Waals surface area (Å²) in [5, 5.41) is 3.26. The molecule has 1 N–H and O–H groups in total. The zero-order chi connectivity index (χ0) is 11.5. The van der Waals surface area contributed by atoms with Crippen LogP contribution in [0.15, 0.2) is 4.42 Å². The van der Waals surface area contributed by atoms with Crippen LogP contribution in [0.4, 0.5) is 0 Å². The quantitative estimate of drug-likeness (QED) is 0.762. The maximum Gasteiger partial charge on any atom is 0.291 e. The largest absolute Gasteiger partial charge is 0.436 e. The number of aryl methyl sites for hydroxylation is 2. The molecule has 88 valence electrons. The zero-order valence-electron chi connectivity index (χ0n) is 9.75. The van der Waals surface area contributed by atoms with Crippen molar-refractivity contribution < 1.29 is 9.21 Å². The number of nitrogens with one attached hydrogen (secondary N) is 1. The third kappa shape index (κ3) is 2.24. The fraction of sp³-hybridized carbons (Fsp3) is 0.636. The molecule has 0 saturated carbocycles. The molecule has 1 aliphatic rings. The van der Waals surface area contributed by atoms with Crippen LogP contribution in [0, 0.1) is 13.8 Å². The molecule has 1 fully saturated rings. The highest BCUT2D eigenvalue weighted by Gasteiger charge is 2.22. The summed E-state index contributed by atoms with van der Waals surface area (Å²) in [4.78, 5) is 18.1. The van der Waals surface area contributed by atoms with Crippen molar-refractivity contribution in [3.8, 4) is 0 Å². The van der Waals surface area contributed by atoms with Gasteiger partial charge in [0, 0.05) is 26.6 Å². The fourth-order valence-electron chi connectivity index (χ4n) is 1.92. The highest BCUT2D eigenvalue weighted by Crippen LogP contribution is 2.13. The third-order valence-electron chi connectivity index (χ3n) is 2.73. The van der Waals surface area contributed by atoms with E-state index in [0.29, 0.717) is 17.3 Å². The number of amides is 1.